The molecule has 0 N–H and O–H groups in total. The largest absolute Gasteiger partial charge is 0.459 e. The Balaban J connectivity index is 0.00000397. The summed E-state index contributed by atoms with van der Waals surface area (Å²) >= 11 is 0. The fourth-order valence-electron chi connectivity index (χ4n) is 17.5. The summed E-state index contributed by atoms with van der Waals surface area (Å²) in [5.74, 6) is 2.03. The summed E-state index contributed by atoms with van der Waals surface area (Å²) in [6, 6.07) is 0. The Bertz CT molecular complexity index is 1640. The van der Waals surface area contributed by atoms with Crippen molar-refractivity contribution >= 4 is 29.7 Å². The fraction of sp³-hybridized carbons (Fsp3) is 0.891. The summed E-state index contributed by atoms with van der Waals surface area (Å²) in [5.41, 5.74) is -0.732. The number of carbonyl (C=O) groups excluding carboxylic acids is 5. The average molecular weight is 796 g/mol. The van der Waals surface area contributed by atoms with Crippen molar-refractivity contribution < 1.29 is 56.7 Å². The van der Waals surface area contributed by atoms with Crippen LogP contribution in [0.2, 0.25) is 0 Å². The van der Waals surface area contributed by atoms with Crippen molar-refractivity contribution in [3.05, 3.63) is 0 Å². The Morgan fingerprint density at radius 2 is 1.51 bits per heavy atom. The Hall–Kier alpha value is -1.67. The van der Waals surface area contributed by atoms with Crippen LogP contribution in [-0.2, 0) is 56.7 Å². The van der Waals surface area contributed by atoms with Crippen LogP contribution in [0.1, 0.15) is 137 Å². The van der Waals surface area contributed by atoms with Gasteiger partial charge in [0.1, 0.15) is 17.0 Å². The summed E-state index contributed by atoms with van der Waals surface area (Å²) in [7, 11) is 0. The van der Waals surface area contributed by atoms with Gasteiger partial charge in [-0.15, -0.1) is 0 Å². The molecule has 9 heteroatoms. The molecule has 10 fully saturated rings. The Morgan fingerprint density at radius 1 is 0.782 bits per heavy atom. The van der Waals surface area contributed by atoms with Gasteiger partial charge in [-0.25, -0.2) is 0 Å². The smallest absolute Gasteiger partial charge is 0.317 e. The molecular weight excluding hydrogens is 731 g/mol. The zero-order valence-corrected chi connectivity index (χ0v) is 35.2. The normalized spacial score (nSPS) is 51.8. The average Bonchev–Trinajstić information content (AvgIpc) is 3.95. The quantitative estimate of drug-likeness (QED) is 0.124. The van der Waals surface area contributed by atoms with E-state index in [9.17, 15) is 24.0 Å². The van der Waals surface area contributed by atoms with Crippen LogP contribution in [-0.4, -0.2) is 40.9 Å². The van der Waals surface area contributed by atoms with Gasteiger partial charge in [0, 0.05) is 30.4 Å². The number of Topliss-reactive ketones (excluding diaryl/α,β-unsaturated/α-hetero) is 1. The van der Waals surface area contributed by atoms with Crippen molar-refractivity contribution in [3.8, 4) is 0 Å². The maximum atomic E-state index is 14.6. The molecule has 1 spiro atoms. The zero-order chi connectivity index (χ0) is 37.6. The third kappa shape index (κ3) is 5.79. The second kappa shape index (κ2) is 13.4. The van der Waals surface area contributed by atoms with Gasteiger partial charge >= 0.3 is 23.9 Å². The molecule has 0 aromatic heterocycles. The molecule has 55 heavy (non-hydrogen) atoms. The van der Waals surface area contributed by atoms with Gasteiger partial charge in [-0.1, -0.05) is 20.3 Å². The van der Waals surface area contributed by atoms with Crippen molar-refractivity contribution in [2.45, 2.75) is 149 Å². The molecule has 1 radical (unpaired) electrons. The zero-order valence-electron chi connectivity index (χ0n) is 33.8. The number of rotatable bonds is 10. The predicted octanol–water partition coefficient (Wildman–Crippen LogP) is 8.13. The molecule has 8 bridgehead atoms. The van der Waals surface area contributed by atoms with E-state index in [1.54, 1.807) is 6.92 Å². The number of ether oxygens (including phenoxy) is 3. The molecule has 1 heterocycles. The van der Waals surface area contributed by atoms with Gasteiger partial charge in [-0.3, -0.25) is 24.0 Å². The van der Waals surface area contributed by atoms with Crippen LogP contribution in [0.15, 0.2) is 0 Å². The molecule has 301 valence electrons. The van der Waals surface area contributed by atoms with Crippen LogP contribution in [0.4, 0.5) is 0 Å². The standard InChI is InChI=1S/C46H64O8.V/c1-22(40(48)53-44(4)18-25-9-10-30(44)12-25)11-26(41(49)54-45(5)19-28-15-37(45)33-8-6-7-32(28)33)14-35-39(43(51)52-42(35)50)38-23(2)36-16-29(38)21-46(36)20-27-13-31(46)17-34(27)24(3)47;/h22-23,25-39H,6-21H2,1-5H3;. The molecule has 1 saturated heterocycles. The molecule has 0 amide bonds. The minimum atomic E-state index is -0.724. The first-order valence-electron chi connectivity index (χ1n) is 22.4. The Kier molecular flexibility index (Phi) is 9.48. The minimum absolute atomic E-state index is 0. The second-order valence-corrected chi connectivity index (χ2v) is 21.9. The van der Waals surface area contributed by atoms with Crippen molar-refractivity contribution in [2.75, 3.05) is 0 Å². The number of hydrogen-bond donors (Lipinski definition) is 0. The molecule has 1 aliphatic heterocycles. The molecule has 0 aromatic rings. The molecule has 9 aliphatic carbocycles. The number of ketones is 1. The number of hydrogen-bond acceptors (Lipinski definition) is 8. The number of esters is 4. The van der Waals surface area contributed by atoms with Gasteiger partial charge < -0.3 is 14.2 Å². The molecule has 20 unspecified atom stereocenters. The second-order valence-electron chi connectivity index (χ2n) is 21.9. The van der Waals surface area contributed by atoms with E-state index in [4.69, 9.17) is 14.2 Å². The third-order valence-electron chi connectivity index (χ3n) is 19.5. The molecule has 8 nitrogen and oxygen atoms in total. The van der Waals surface area contributed by atoms with E-state index in [2.05, 4.69) is 20.8 Å². The third-order valence-corrected chi connectivity index (χ3v) is 19.5. The number of cyclic esters (lactones) is 2. The summed E-state index contributed by atoms with van der Waals surface area (Å²) in [5, 5.41) is 0. The Morgan fingerprint density at radius 3 is 2.18 bits per heavy atom. The number of carbonyl (C=O) groups is 5. The number of fused-ring (bicyclic) bond motifs is 13. The van der Waals surface area contributed by atoms with Gasteiger partial charge in [0.25, 0.3) is 0 Å². The van der Waals surface area contributed by atoms with Crippen LogP contribution in [0.25, 0.3) is 0 Å². The monoisotopic (exact) mass is 795 g/mol. The summed E-state index contributed by atoms with van der Waals surface area (Å²) in [4.78, 5) is 68.4. The van der Waals surface area contributed by atoms with E-state index >= 15 is 0 Å². The van der Waals surface area contributed by atoms with Gasteiger partial charge in [-0.2, -0.15) is 0 Å². The van der Waals surface area contributed by atoms with Crippen LogP contribution in [0.5, 0.6) is 0 Å². The Labute approximate surface area is 339 Å². The van der Waals surface area contributed by atoms with E-state index in [-0.39, 0.29) is 66.5 Å². The van der Waals surface area contributed by atoms with Crippen LogP contribution < -0.4 is 0 Å². The van der Waals surface area contributed by atoms with Crippen molar-refractivity contribution in [2.24, 2.45) is 106 Å². The van der Waals surface area contributed by atoms with Gasteiger partial charge in [0.2, 0.25) is 0 Å². The molecule has 20 atom stereocenters. The van der Waals surface area contributed by atoms with Gasteiger partial charge in [0.15, 0.2) is 0 Å². The van der Waals surface area contributed by atoms with E-state index in [1.165, 1.54) is 25.7 Å². The molecule has 9 saturated carbocycles. The van der Waals surface area contributed by atoms with Crippen molar-refractivity contribution in [3.63, 3.8) is 0 Å². The SMILES string of the molecule is CC(=O)C1CC2CC1CC21CC2CC1C(C)C2C1C(=O)OC(=O)C1CC(CC(C)C(=O)OC1(C)CC2CCC1C2)C(=O)OC1(C)CC2CC1C1CCCC21.[V]. The molecule has 10 aliphatic rings. The van der Waals surface area contributed by atoms with Gasteiger partial charge in [0.05, 0.1) is 23.7 Å². The maximum Gasteiger partial charge on any atom is 0.317 e. The molecule has 10 rings (SSSR count). The first-order chi connectivity index (χ1) is 25.7. The van der Waals surface area contributed by atoms with Crippen molar-refractivity contribution in [1.29, 1.82) is 0 Å². The van der Waals surface area contributed by atoms with E-state index in [1.807, 2.05) is 6.92 Å². The van der Waals surface area contributed by atoms with Crippen LogP contribution in [0.3, 0.4) is 0 Å². The van der Waals surface area contributed by atoms with Crippen molar-refractivity contribution in [1.82, 2.24) is 0 Å². The topological polar surface area (TPSA) is 113 Å². The first-order valence-corrected chi connectivity index (χ1v) is 22.4. The maximum absolute atomic E-state index is 14.6. The van der Waals surface area contributed by atoms with E-state index in [0.717, 1.165) is 70.1 Å². The van der Waals surface area contributed by atoms with E-state index < -0.39 is 46.8 Å². The van der Waals surface area contributed by atoms with Gasteiger partial charge in [-0.05, 0) is 188 Å². The van der Waals surface area contributed by atoms with Crippen LogP contribution in [0, 0.1) is 106 Å². The summed E-state index contributed by atoms with van der Waals surface area (Å²) < 4.78 is 18.5. The van der Waals surface area contributed by atoms with E-state index in [0.29, 0.717) is 59.0 Å². The molecular formula is C46H64O8V. The summed E-state index contributed by atoms with van der Waals surface area (Å²) in [6.45, 7) is 10.1. The predicted molar refractivity (Wildman–Crippen MR) is 198 cm³/mol. The minimum Gasteiger partial charge on any atom is -0.459 e. The summed E-state index contributed by atoms with van der Waals surface area (Å²) in [6.07, 6.45) is 16.0. The van der Waals surface area contributed by atoms with Crippen LogP contribution >= 0.6 is 0 Å². The fourth-order valence-corrected chi connectivity index (χ4v) is 17.5. The molecule has 0 aromatic carbocycles. The first kappa shape index (κ1) is 38.8.